The summed E-state index contributed by atoms with van der Waals surface area (Å²) in [7, 11) is 0. The molecule has 1 aliphatic heterocycles. The highest BCUT2D eigenvalue weighted by molar-refractivity contribution is 7.09. The highest BCUT2D eigenvalue weighted by Gasteiger charge is 2.26. The lowest BCUT2D eigenvalue weighted by atomic mass is 9.95. The van der Waals surface area contributed by atoms with E-state index in [2.05, 4.69) is 50.0 Å². The molecule has 284 valence electrons. The molecule has 2 aromatic carbocycles. The predicted octanol–water partition coefficient (Wildman–Crippen LogP) is 5.66. The molecule has 3 heterocycles. The van der Waals surface area contributed by atoms with Gasteiger partial charge in [0.2, 0.25) is 5.91 Å². The van der Waals surface area contributed by atoms with Crippen LogP contribution in [0.5, 0.6) is 0 Å². The Morgan fingerprint density at radius 3 is 2.13 bits per heavy atom. The van der Waals surface area contributed by atoms with E-state index in [1.807, 2.05) is 66.0 Å². The minimum Gasteiger partial charge on any atom is -0.444 e. The van der Waals surface area contributed by atoms with Crippen LogP contribution in [0.1, 0.15) is 65.7 Å². The highest BCUT2D eigenvalue weighted by atomic mass is 32.1. The van der Waals surface area contributed by atoms with Crippen LogP contribution in [-0.2, 0) is 40.3 Å². The van der Waals surface area contributed by atoms with Crippen LogP contribution in [0.25, 0.3) is 0 Å². The number of amides is 4. The summed E-state index contributed by atoms with van der Waals surface area (Å²) in [5.41, 5.74) is 4.65. The molecule has 0 unspecified atom stereocenters. The Morgan fingerprint density at radius 1 is 0.868 bits per heavy atom. The fourth-order valence-corrected chi connectivity index (χ4v) is 7.41. The van der Waals surface area contributed by atoms with Crippen molar-refractivity contribution in [2.75, 3.05) is 32.8 Å². The summed E-state index contributed by atoms with van der Waals surface area (Å²) >= 11 is 3.01. The van der Waals surface area contributed by atoms with Gasteiger partial charge in [-0.05, 0) is 43.2 Å². The van der Waals surface area contributed by atoms with Crippen molar-refractivity contribution in [3.05, 3.63) is 104 Å². The predicted molar refractivity (Wildman–Crippen MR) is 208 cm³/mol. The lowest BCUT2D eigenvalue weighted by molar-refractivity contribution is -0.124. The van der Waals surface area contributed by atoms with Gasteiger partial charge in [-0.1, -0.05) is 74.5 Å². The first-order valence-electron chi connectivity index (χ1n) is 18.3. The van der Waals surface area contributed by atoms with Gasteiger partial charge in [-0.15, -0.1) is 22.7 Å². The SMILES string of the molecule is CC(C)c1nc(CNC(=O)N[C@@H](CCN2CCOCC2)C(=O)N[C@H](CC[C@H](Cc2ccccc2)NC(=O)OCc2cncs2)Cc2ccccc2)cs1. The van der Waals surface area contributed by atoms with Crippen molar-refractivity contribution >= 4 is 40.7 Å². The molecule has 0 aliphatic carbocycles. The van der Waals surface area contributed by atoms with Crippen molar-refractivity contribution in [1.82, 2.24) is 36.1 Å². The molecule has 0 bridgehead atoms. The van der Waals surface area contributed by atoms with Gasteiger partial charge in [0.05, 0.1) is 40.8 Å². The third kappa shape index (κ3) is 14.2. The van der Waals surface area contributed by atoms with Crippen molar-refractivity contribution in [1.29, 1.82) is 0 Å². The molecule has 1 fully saturated rings. The number of nitrogens with zero attached hydrogens (tertiary/aromatic N) is 3. The monoisotopic (exact) mass is 761 g/mol. The normalized spacial score (nSPS) is 14.9. The van der Waals surface area contributed by atoms with Crippen molar-refractivity contribution in [2.45, 2.75) is 83.1 Å². The maximum atomic E-state index is 14.1. The molecule has 14 heteroatoms. The van der Waals surface area contributed by atoms with Crippen LogP contribution < -0.4 is 21.3 Å². The molecule has 4 N–H and O–H groups in total. The van der Waals surface area contributed by atoms with Crippen molar-refractivity contribution in [3.8, 4) is 0 Å². The van der Waals surface area contributed by atoms with Crippen LogP contribution in [-0.4, -0.2) is 83.9 Å². The van der Waals surface area contributed by atoms with Crippen molar-refractivity contribution in [2.24, 2.45) is 0 Å². The van der Waals surface area contributed by atoms with E-state index in [-0.39, 0.29) is 31.1 Å². The van der Waals surface area contributed by atoms with Crippen molar-refractivity contribution in [3.63, 3.8) is 0 Å². The van der Waals surface area contributed by atoms with E-state index in [0.29, 0.717) is 57.8 Å². The molecule has 4 aromatic rings. The second kappa shape index (κ2) is 21.4. The Bertz CT molecular complexity index is 1670. The molecule has 1 saturated heterocycles. The first-order chi connectivity index (χ1) is 25.8. The first kappa shape index (κ1) is 39.8. The van der Waals surface area contributed by atoms with E-state index in [0.717, 1.165) is 39.8 Å². The van der Waals surface area contributed by atoms with Crippen LogP contribution in [0.4, 0.5) is 9.59 Å². The minimum absolute atomic E-state index is 0.149. The number of benzene rings is 2. The van der Waals surface area contributed by atoms with Gasteiger partial charge in [-0.3, -0.25) is 14.7 Å². The zero-order valence-electron chi connectivity index (χ0n) is 30.5. The summed E-state index contributed by atoms with van der Waals surface area (Å²) in [6.45, 7) is 8.09. The van der Waals surface area contributed by atoms with Gasteiger partial charge in [0.15, 0.2) is 0 Å². The largest absolute Gasteiger partial charge is 0.444 e. The number of rotatable bonds is 19. The van der Waals surface area contributed by atoms with Gasteiger partial charge in [0, 0.05) is 49.2 Å². The molecule has 0 radical (unpaired) electrons. The number of hydrogen-bond acceptors (Lipinski definition) is 10. The number of aromatic nitrogens is 2. The second-order valence-electron chi connectivity index (χ2n) is 13.5. The fraction of sp³-hybridized carbons (Fsp3) is 0.462. The van der Waals surface area contributed by atoms with Gasteiger partial charge < -0.3 is 30.7 Å². The third-order valence-electron chi connectivity index (χ3n) is 8.96. The average molecular weight is 762 g/mol. The summed E-state index contributed by atoms with van der Waals surface area (Å²) in [6, 6.07) is 18.3. The van der Waals surface area contributed by atoms with E-state index < -0.39 is 18.2 Å². The quantitative estimate of drug-likeness (QED) is 0.0959. The van der Waals surface area contributed by atoms with E-state index in [9.17, 15) is 14.4 Å². The molecule has 0 spiro atoms. The Kier molecular flexibility index (Phi) is 16.1. The van der Waals surface area contributed by atoms with Crippen LogP contribution in [0.2, 0.25) is 0 Å². The van der Waals surface area contributed by atoms with E-state index in [4.69, 9.17) is 9.47 Å². The number of carbonyl (C=O) groups excluding carboxylic acids is 3. The topological polar surface area (TPSA) is 147 Å². The zero-order valence-corrected chi connectivity index (χ0v) is 32.1. The van der Waals surface area contributed by atoms with E-state index in [1.165, 1.54) is 11.3 Å². The molecule has 4 amide bonds. The number of thiazole rings is 2. The second-order valence-corrected chi connectivity index (χ2v) is 15.4. The van der Waals surface area contributed by atoms with Gasteiger partial charge >= 0.3 is 12.1 Å². The van der Waals surface area contributed by atoms with Gasteiger partial charge in [0.25, 0.3) is 0 Å². The third-order valence-corrected chi connectivity index (χ3v) is 10.9. The number of urea groups is 1. The summed E-state index contributed by atoms with van der Waals surface area (Å²) in [5.74, 6) is 0.0636. The lowest BCUT2D eigenvalue weighted by Crippen LogP contribution is -2.53. The van der Waals surface area contributed by atoms with Crippen LogP contribution in [0.3, 0.4) is 0 Å². The molecule has 53 heavy (non-hydrogen) atoms. The maximum Gasteiger partial charge on any atom is 0.407 e. The molecule has 1 aliphatic rings. The Hall–Kier alpha value is -4.37. The molecule has 0 saturated carbocycles. The molecule has 5 rings (SSSR count). The molecule has 3 atom stereocenters. The standard InChI is InChI=1S/C39H51N7O5S2/c1-28(2)37-43-33(26-52-37)23-41-38(48)45-35(15-16-46-17-19-50-20-18-46)36(47)42-31(21-29-9-5-3-6-10-29)13-14-32(22-30-11-7-4-8-12-30)44-39(49)51-25-34-24-40-27-53-34/h3-12,24,26-28,31-32,35H,13-23,25H2,1-2H3,(H,42,47)(H,44,49)(H2,41,45,48)/t31-,32-,35+/m1/s1. The van der Waals surface area contributed by atoms with E-state index in [1.54, 1.807) is 23.0 Å². The van der Waals surface area contributed by atoms with Crippen molar-refractivity contribution < 1.29 is 23.9 Å². The number of ether oxygens (including phenoxy) is 2. The molecular formula is C39H51N7O5S2. The Morgan fingerprint density at radius 2 is 1.53 bits per heavy atom. The lowest BCUT2D eigenvalue weighted by Gasteiger charge is -2.29. The smallest absolute Gasteiger partial charge is 0.407 e. The number of carbonyl (C=O) groups is 3. The first-order valence-corrected chi connectivity index (χ1v) is 20.0. The van der Waals surface area contributed by atoms with Gasteiger partial charge in [-0.25, -0.2) is 14.6 Å². The number of alkyl carbamates (subject to hydrolysis) is 1. The summed E-state index contributed by atoms with van der Waals surface area (Å²) in [6.07, 6.45) is 3.98. The fourth-order valence-electron chi connectivity index (χ4n) is 6.06. The zero-order chi connectivity index (χ0) is 37.3. The van der Waals surface area contributed by atoms with Gasteiger partial charge in [0.1, 0.15) is 12.6 Å². The van der Waals surface area contributed by atoms with Crippen LogP contribution >= 0.6 is 22.7 Å². The van der Waals surface area contributed by atoms with Gasteiger partial charge in [-0.2, -0.15) is 0 Å². The maximum absolute atomic E-state index is 14.1. The molecular weight excluding hydrogens is 711 g/mol. The van der Waals surface area contributed by atoms with Crippen LogP contribution in [0, 0.1) is 0 Å². The summed E-state index contributed by atoms with van der Waals surface area (Å²) in [4.78, 5) is 52.0. The number of hydrogen-bond donors (Lipinski definition) is 4. The Labute approximate surface area is 320 Å². The summed E-state index contributed by atoms with van der Waals surface area (Å²) in [5, 5.41) is 15.2. The van der Waals surface area contributed by atoms with E-state index >= 15 is 0 Å². The minimum atomic E-state index is -0.766. The summed E-state index contributed by atoms with van der Waals surface area (Å²) < 4.78 is 11.0. The average Bonchev–Trinajstić information content (AvgIpc) is 3.88. The number of nitrogens with one attached hydrogen (secondary N) is 4. The van der Waals surface area contributed by atoms with Crippen LogP contribution in [0.15, 0.2) is 77.8 Å². The molecule has 12 nitrogen and oxygen atoms in total. The highest BCUT2D eigenvalue weighted by Crippen LogP contribution is 2.19. The molecule has 2 aromatic heterocycles. The number of morpholine rings is 1. The Balaban J connectivity index is 1.26.